The fraction of sp³-hybridized carbons (Fsp3) is 0.214. The second kappa shape index (κ2) is 6.36. The van der Waals surface area contributed by atoms with Gasteiger partial charge in [0.1, 0.15) is 6.04 Å². The van der Waals surface area contributed by atoms with Gasteiger partial charge in [0.05, 0.1) is 4.88 Å². The quantitative estimate of drug-likeness (QED) is 0.748. The summed E-state index contributed by atoms with van der Waals surface area (Å²) in [5, 5.41) is 12.4. The van der Waals surface area contributed by atoms with Gasteiger partial charge in [-0.1, -0.05) is 18.2 Å². The third-order valence-electron chi connectivity index (χ3n) is 2.93. The minimum absolute atomic E-state index is 0.0265. The van der Waals surface area contributed by atoms with Gasteiger partial charge in [-0.25, -0.2) is 4.79 Å². The molecule has 21 heavy (non-hydrogen) atoms. The van der Waals surface area contributed by atoms with E-state index >= 15 is 0 Å². The van der Waals surface area contributed by atoms with Crippen LogP contribution in [0.3, 0.4) is 0 Å². The van der Waals surface area contributed by atoms with E-state index in [2.05, 4.69) is 5.32 Å². The monoisotopic (exact) mass is 306 g/mol. The molecular weight excluding hydrogens is 292 g/mol. The van der Waals surface area contributed by atoms with Crippen molar-refractivity contribution in [2.45, 2.75) is 18.9 Å². The van der Waals surface area contributed by atoms with Gasteiger partial charge in [-0.05, 0) is 23.9 Å². The molecule has 0 saturated heterocycles. The summed E-state index contributed by atoms with van der Waals surface area (Å²) in [6, 6.07) is 8.08. The van der Waals surface area contributed by atoms with E-state index in [9.17, 15) is 14.4 Å². The number of hydrogen-bond donors (Lipinski definition) is 3. The van der Waals surface area contributed by atoms with Crippen molar-refractivity contribution in [2.24, 2.45) is 5.73 Å². The maximum Gasteiger partial charge on any atom is 0.326 e. The van der Waals surface area contributed by atoms with E-state index in [4.69, 9.17) is 10.8 Å². The van der Waals surface area contributed by atoms with Gasteiger partial charge in [0, 0.05) is 11.1 Å². The normalized spacial score (nSPS) is 12.0. The van der Waals surface area contributed by atoms with Crippen molar-refractivity contribution >= 4 is 39.2 Å². The number of carbonyl (C=O) groups is 3. The average Bonchev–Trinajstić information content (AvgIpc) is 2.86. The molecule has 7 heteroatoms. The number of primary amides is 1. The smallest absolute Gasteiger partial charge is 0.326 e. The van der Waals surface area contributed by atoms with Crippen LogP contribution < -0.4 is 11.1 Å². The van der Waals surface area contributed by atoms with Crippen LogP contribution in [-0.2, 0) is 9.59 Å². The van der Waals surface area contributed by atoms with Crippen LogP contribution in [0.1, 0.15) is 22.5 Å². The summed E-state index contributed by atoms with van der Waals surface area (Å²) < 4.78 is 0.951. The molecule has 1 heterocycles. The summed E-state index contributed by atoms with van der Waals surface area (Å²) >= 11 is 1.29. The maximum atomic E-state index is 12.1. The number of thiophene rings is 1. The fourth-order valence-electron chi connectivity index (χ4n) is 1.87. The highest BCUT2D eigenvalue weighted by Gasteiger charge is 2.22. The van der Waals surface area contributed by atoms with Crippen LogP contribution in [0.2, 0.25) is 0 Å². The van der Waals surface area contributed by atoms with Crippen molar-refractivity contribution in [1.29, 1.82) is 0 Å². The average molecular weight is 306 g/mol. The van der Waals surface area contributed by atoms with E-state index in [0.29, 0.717) is 4.88 Å². The molecule has 0 radical (unpaired) electrons. The number of aliphatic carboxylic acids is 1. The Labute approximate surface area is 124 Å². The van der Waals surface area contributed by atoms with Gasteiger partial charge < -0.3 is 16.2 Å². The lowest BCUT2D eigenvalue weighted by Gasteiger charge is -2.12. The Morgan fingerprint density at radius 1 is 1.29 bits per heavy atom. The highest BCUT2D eigenvalue weighted by molar-refractivity contribution is 7.20. The second-order valence-corrected chi connectivity index (χ2v) is 5.60. The Hall–Kier alpha value is -2.41. The van der Waals surface area contributed by atoms with Crippen LogP contribution in [0.4, 0.5) is 0 Å². The highest BCUT2D eigenvalue weighted by atomic mass is 32.1. The molecule has 110 valence electrons. The summed E-state index contributed by atoms with van der Waals surface area (Å²) in [6.45, 7) is 0. The topological polar surface area (TPSA) is 109 Å². The molecule has 0 bridgehead atoms. The first-order valence-electron chi connectivity index (χ1n) is 6.28. The van der Waals surface area contributed by atoms with Crippen LogP contribution in [0.25, 0.3) is 10.1 Å². The number of hydrogen-bond acceptors (Lipinski definition) is 4. The maximum absolute atomic E-state index is 12.1. The summed E-state index contributed by atoms with van der Waals surface area (Å²) in [4.78, 5) is 34.3. The van der Waals surface area contributed by atoms with Gasteiger partial charge in [0.25, 0.3) is 5.91 Å². The number of benzene rings is 1. The minimum atomic E-state index is -1.19. The molecule has 1 atom stereocenters. The Morgan fingerprint density at radius 2 is 2.00 bits per heavy atom. The molecule has 0 saturated carbocycles. The van der Waals surface area contributed by atoms with E-state index in [1.54, 1.807) is 6.07 Å². The number of nitrogens with two attached hydrogens (primary N) is 1. The van der Waals surface area contributed by atoms with Gasteiger partial charge >= 0.3 is 5.97 Å². The zero-order chi connectivity index (χ0) is 15.4. The summed E-state index contributed by atoms with van der Waals surface area (Å²) in [5.41, 5.74) is 4.99. The van der Waals surface area contributed by atoms with Crippen molar-refractivity contribution < 1.29 is 19.5 Å². The lowest BCUT2D eigenvalue weighted by Crippen LogP contribution is -2.41. The van der Waals surface area contributed by atoms with E-state index in [1.807, 2.05) is 24.3 Å². The third kappa shape index (κ3) is 3.79. The number of fused-ring (bicyclic) bond motifs is 1. The molecule has 1 aromatic heterocycles. The molecule has 0 aliphatic heterocycles. The number of rotatable bonds is 6. The lowest BCUT2D eigenvalue weighted by molar-refractivity contribution is -0.139. The molecule has 6 nitrogen and oxygen atoms in total. The molecule has 1 aromatic carbocycles. The van der Waals surface area contributed by atoms with Gasteiger partial charge in [0.15, 0.2) is 0 Å². The molecule has 2 rings (SSSR count). The summed E-state index contributed by atoms with van der Waals surface area (Å²) in [7, 11) is 0. The number of carboxylic acids is 1. The molecule has 2 aromatic rings. The predicted octanol–water partition coefficient (Wildman–Crippen LogP) is 1.35. The first-order chi connectivity index (χ1) is 9.97. The molecule has 2 amide bonds. The van der Waals surface area contributed by atoms with Crippen molar-refractivity contribution in [3.63, 3.8) is 0 Å². The second-order valence-electron chi connectivity index (χ2n) is 4.52. The van der Waals surface area contributed by atoms with E-state index in [-0.39, 0.29) is 12.8 Å². The summed E-state index contributed by atoms with van der Waals surface area (Å²) in [5.74, 6) is -2.25. The Morgan fingerprint density at radius 3 is 2.62 bits per heavy atom. The number of nitrogens with one attached hydrogen (secondary N) is 1. The number of carbonyl (C=O) groups excluding carboxylic acids is 2. The number of amides is 2. The standard InChI is InChI=1S/C14H14N2O4S/c15-12(17)6-5-9(14(19)20)16-13(18)11-7-8-3-1-2-4-10(8)21-11/h1-4,7,9H,5-6H2,(H2,15,17)(H,16,18)(H,19,20)/t9-/m1/s1. The Balaban J connectivity index is 2.10. The molecule has 0 aliphatic rings. The predicted molar refractivity (Wildman–Crippen MR) is 79.1 cm³/mol. The summed E-state index contributed by atoms with van der Waals surface area (Å²) in [6.07, 6.45) is -0.120. The van der Waals surface area contributed by atoms with Crippen molar-refractivity contribution in [1.82, 2.24) is 5.32 Å². The zero-order valence-electron chi connectivity index (χ0n) is 11.0. The first-order valence-corrected chi connectivity index (χ1v) is 7.09. The minimum Gasteiger partial charge on any atom is -0.480 e. The van der Waals surface area contributed by atoms with Crippen LogP contribution in [0.15, 0.2) is 30.3 Å². The van der Waals surface area contributed by atoms with Crippen LogP contribution in [0.5, 0.6) is 0 Å². The molecule has 0 spiro atoms. The molecule has 0 unspecified atom stereocenters. The van der Waals surface area contributed by atoms with Gasteiger partial charge in [-0.3, -0.25) is 9.59 Å². The zero-order valence-corrected chi connectivity index (χ0v) is 11.9. The highest BCUT2D eigenvalue weighted by Crippen LogP contribution is 2.25. The Bertz CT molecular complexity index is 662. The fourth-order valence-corrected chi connectivity index (χ4v) is 2.83. The van der Waals surface area contributed by atoms with Crippen LogP contribution >= 0.6 is 11.3 Å². The van der Waals surface area contributed by atoms with Crippen LogP contribution in [-0.4, -0.2) is 28.9 Å². The number of carboxylic acid groups (broad SMARTS) is 1. The van der Waals surface area contributed by atoms with Gasteiger partial charge in [-0.15, -0.1) is 11.3 Å². The molecular formula is C14H14N2O4S. The molecule has 4 N–H and O–H groups in total. The van der Waals surface area contributed by atoms with Gasteiger partial charge in [-0.2, -0.15) is 0 Å². The van der Waals surface area contributed by atoms with Crippen molar-refractivity contribution in [3.05, 3.63) is 35.2 Å². The van der Waals surface area contributed by atoms with Crippen molar-refractivity contribution in [3.8, 4) is 0 Å². The molecule has 0 fully saturated rings. The molecule has 0 aliphatic carbocycles. The van der Waals surface area contributed by atoms with E-state index < -0.39 is 23.8 Å². The van der Waals surface area contributed by atoms with Crippen molar-refractivity contribution in [2.75, 3.05) is 0 Å². The lowest BCUT2D eigenvalue weighted by atomic mass is 10.1. The van der Waals surface area contributed by atoms with E-state index in [1.165, 1.54) is 11.3 Å². The third-order valence-corrected chi connectivity index (χ3v) is 4.05. The van der Waals surface area contributed by atoms with Gasteiger partial charge in [0.2, 0.25) is 5.91 Å². The SMILES string of the molecule is NC(=O)CC[C@@H](NC(=O)c1cc2ccccc2s1)C(=O)O. The van der Waals surface area contributed by atoms with E-state index in [0.717, 1.165) is 10.1 Å². The Kier molecular flexibility index (Phi) is 4.54. The first kappa shape index (κ1) is 15.0. The van der Waals surface area contributed by atoms with Crippen LogP contribution in [0, 0.1) is 0 Å². The largest absolute Gasteiger partial charge is 0.480 e.